The lowest BCUT2D eigenvalue weighted by molar-refractivity contribution is 0.189. The number of likely N-dealkylation sites (N-methyl/N-ethyl adjacent to an activating group) is 1. The number of hydrogen-bond donors (Lipinski definition) is 1. The molecule has 0 amide bonds. The minimum atomic E-state index is 0.718. The second-order valence-electron chi connectivity index (χ2n) is 7.06. The Labute approximate surface area is 128 Å². The highest BCUT2D eigenvalue weighted by Crippen LogP contribution is 2.30. The maximum absolute atomic E-state index is 3.78. The van der Waals surface area contributed by atoms with E-state index in [0.29, 0.717) is 0 Å². The zero-order valence-electron chi connectivity index (χ0n) is 13.1. The van der Waals surface area contributed by atoms with Crippen molar-refractivity contribution in [3.05, 3.63) is 29.3 Å². The number of fused-ring (bicyclic) bond motifs is 1. The molecular formula is C18H27N3. The van der Waals surface area contributed by atoms with Gasteiger partial charge < -0.3 is 15.1 Å². The number of likely N-dealkylation sites (tertiary alicyclic amines) is 1. The normalized spacial score (nSPS) is 23.6. The Morgan fingerprint density at radius 2 is 1.90 bits per heavy atom. The molecule has 1 aromatic rings. The Bertz CT molecular complexity index is 501. The van der Waals surface area contributed by atoms with E-state index in [2.05, 4.69) is 40.4 Å². The molecule has 114 valence electrons. The number of rotatable bonds is 4. The number of piperidine rings is 1. The molecule has 1 aromatic carbocycles. The van der Waals surface area contributed by atoms with Crippen LogP contribution >= 0.6 is 0 Å². The van der Waals surface area contributed by atoms with Crippen molar-refractivity contribution in [1.29, 1.82) is 0 Å². The molecule has 3 heteroatoms. The fourth-order valence-electron chi connectivity index (χ4n) is 3.90. The number of nitrogens with zero attached hydrogens (tertiary/aromatic N) is 2. The third-order valence-electron chi connectivity index (χ3n) is 5.46. The van der Waals surface area contributed by atoms with E-state index < -0.39 is 0 Å². The Morgan fingerprint density at radius 3 is 2.67 bits per heavy atom. The Morgan fingerprint density at radius 1 is 1.10 bits per heavy atom. The molecule has 0 radical (unpaired) electrons. The summed E-state index contributed by atoms with van der Waals surface area (Å²) in [4.78, 5) is 5.06. The summed E-state index contributed by atoms with van der Waals surface area (Å²) in [6, 6.07) is 8.67. The first-order valence-electron chi connectivity index (χ1n) is 8.60. The molecule has 0 aromatic heterocycles. The second kappa shape index (κ2) is 5.62. The van der Waals surface area contributed by atoms with Crippen LogP contribution in [0, 0.1) is 0 Å². The van der Waals surface area contributed by atoms with Crippen LogP contribution in [-0.2, 0) is 13.0 Å². The van der Waals surface area contributed by atoms with Crippen molar-refractivity contribution < 1.29 is 0 Å². The van der Waals surface area contributed by atoms with Gasteiger partial charge in [-0.1, -0.05) is 12.1 Å². The summed E-state index contributed by atoms with van der Waals surface area (Å²) in [5.74, 6) is 0. The lowest BCUT2D eigenvalue weighted by atomic mass is 10.0. The molecule has 1 saturated heterocycles. The van der Waals surface area contributed by atoms with Crippen LogP contribution < -0.4 is 10.2 Å². The monoisotopic (exact) mass is 285 g/mol. The van der Waals surface area contributed by atoms with Gasteiger partial charge >= 0.3 is 0 Å². The Hall–Kier alpha value is -1.06. The fraction of sp³-hybridized carbons (Fsp3) is 0.667. The number of nitrogens with one attached hydrogen (secondary N) is 1. The van der Waals surface area contributed by atoms with Gasteiger partial charge in [0.05, 0.1) is 0 Å². The standard InChI is InChI=1S/C18H27N3/c1-20-9-6-15-12-14(2-5-18(15)20)13-19-16-7-10-21(11-8-16)17-3-4-17/h2,5,12,16-17,19H,3-4,6-11,13H2,1H3. The van der Waals surface area contributed by atoms with Crippen LogP contribution in [0.1, 0.15) is 36.8 Å². The van der Waals surface area contributed by atoms with Gasteiger partial charge in [-0.05, 0) is 62.4 Å². The molecule has 2 heterocycles. The van der Waals surface area contributed by atoms with Gasteiger partial charge in [0.2, 0.25) is 0 Å². The number of benzene rings is 1. The maximum atomic E-state index is 3.78. The van der Waals surface area contributed by atoms with Crippen LogP contribution in [0.5, 0.6) is 0 Å². The van der Waals surface area contributed by atoms with Crippen molar-refractivity contribution in [3.8, 4) is 0 Å². The summed E-state index contributed by atoms with van der Waals surface area (Å²) in [6.07, 6.45) is 6.75. The van der Waals surface area contributed by atoms with Gasteiger partial charge in [-0.2, -0.15) is 0 Å². The lowest BCUT2D eigenvalue weighted by Crippen LogP contribution is -2.43. The quantitative estimate of drug-likeness (QED) is 0.916. The molecule has 0 bridgehead atoms. The molecule has 0 atom stereocenters. The van der Waals surface area contributed by atoms with Gasteiger partial charge in [-0.25, -0.2) is 0 Å². The molecule has 0 spiro atoms. The average Bonchev–Trinajstić information content (AvgIpc) is 3.30. The SMILES string of the molecule is CN1CCc2cc(CNC3CCN(C4CC4)CC3)ccc21. The van der Waals surface area contributed by atoms with Gasteiger partial charge in [0.1, 0.15) is 0 Å². The van der Waals surface area contributed by atoms with E-state index in [1.54, 1.807) is 0 Å². The van der Waals surface area contributed by atoms with Crippen LogP contribution in [0.25, 0.3) is 0 Å². The van der Waals surface area contributed by atoms with E-state index in [9.17, 15) is 0 Å². The number of hydrogen-bond acceptors (Lipinski definition) is 3. The van der Waals surface area contributed by atoms with Crippen molar-refractivity contribution in [3.63, 3.8) is 0 Å². The minimum Gasteiger partial charge on any atom is -0.374 e. The molecule has 21 heavy (non-hydrogen) atoms. The van der Waals surface area contributed by atoms with Crippen molar-refractivity contribution in [2.24, 2.45) is 0 Å². The summed E-state index contributed by atoms with van der Waals surface area (Å²) in [5.41, 5.74) is 4.41. The summed E-state index contributed by atoms with van der Waals surface area (Å²) in [6.45, 7) is 4.81. The van der Waals surface area contributed by atoms with Crippen molar-refractivity contribution in [1.82, 2.24) is 10.2 Å². The Balaban J connectivity index is 1.29. The second-order valence-corrected chi connectivity index (χ2v) is 7.06. The van der Waals surface area contributed by atoms with E-state index in [1.165, 1.54) is 68.6 Å². The minimum absolute atomic E-state index is 0.718. The molecule has 3 aliphatic rings. The predicted molar refractivity (Wildman–Crippen MR) is 87.9 cm³/mol. The third-order valence-corrected chi connectivity index (χ3v) is 5.46. The van der Waals surface area contributed by atoms with Crippen LogP contribution in [-0.4, -0.2) is 43.7 Å². The molecule has 3 nitrogen and oxygen atoms in total. The first-order chi connectivity index (χ1) is 10.3. The highest BCUT2D eigenvalue weighted by atomic mass is 15.2. The zero-order chi connectivity index (χ0) is 14.2. The predicted octanol–water partition coefficient (Wildman–Crippen LogP) is 2.40. The molecule has 1 aliphatic carbocycles. The van der Waals surface area contributed by atoms with Gasteiger partial charge in [0.25, 0.3) is 0 Å². The van der Waals surface area contributed by atoms with Crippen LogP contribution in [0.15, 0.2) is 18.2 Å². The van der Waals surface area contributed by atoms with Crippen LogP contribution in [0.3, 0.4) is 0 Å². The molecule has 2 fully saturated rings. The third kappa shape index (κ3) is 2.95. The molecule has 0 unspecified atom stereocenters. The van der Waals surface area contributed by atoms with Crippen molar-refractivity contribution >= 4 is 5.69 Å². The summed E-state index contributed by atoms with van der Waals surface area (Å²) in [5, 5.41) is 3.78. The van der Waals surface area contributed by atoms with Crippen molar-refractivity contribution in [2.75, 3.05) is 31.6 Å². The summed E-state index contributed by atoms with van der Waals surface area (Å²) >= 11 is 0. The van der Waals surface area contributed by atoms with Crippen LogP contribution in [0.4, 0.5) is 5.69 Å². The molecule has 1 saturated carbocycles. The molecular weight excluding hydrogens is 258 g/mol. The van der Waals surface area contributed by atoms with Gasteiger partial charge in [-0.3, -0.25) is 0 Å². The molecule has 1 N–H and O–H groups in total. The smallest absolute Gasteiger partial charge is 0.0397 e. The molecule has 4 rings (SSSR count). The van der Waals surface area contributed by atoms with Gasteiger partial charge in [0, 0.05) is 37.9 Å². The van der Waals surface area contributed by atoms with E-state index in [0.717, 1.165) is 18.6 Å². The Kier molecular flexibility index (Phi) is 3.64. The van der Waals surface area contributed by atoms with E-state index >= 15 is 0 Å². The highest BCUT2D eigenvalue weighted by Gasteiger charge is 2.31. The average molecular weight is 285 g/mol. The summed E-state index contributed by atoms with van der Waals surface area (Å²) in [7, 11) is 2.19. The topological polar surface area (TPSA) is 18.5 Å². The van der Waals surface area contributed by atoms with Gasteiger partial charge in [-0.15, -0.1) is 0 Å². The first kappa shape index (κ1) is 13.6. The number of anilines is 1. The first-order valence-corrected chi connectivity index (χ1v) is 8.60. The molecule has 2 aliphatic heterocycles. The summed E-state index contributed by atoms with van der Waals surface area (Å²) < 4.78 is 0. The van der Waals surface area contributed by atoms with E-state index in [4.69, 9.17) is 0 Å². The largest absolute Gasteiger partial charge is 0.374 e. The van der Waals surface area contributed by atoms with Crippen LogP contribution in [0.2, 0.25) is 0 Å². The van der Waals surface area contributed by atoms with E-state index in [1.807, 2.05) is 0 Å². The van der Waals surface area contributed by atoms with Crippen molar-refractivity contribution in [2.45, 2.75) is 50.7 Å². The highest BCUT2D eigenvalue weighted by molar-refractivity contribution is 5.58. The maximum Gasteiger partial charge on any atom is 0.0397 e. The van der Waals surface area contributed by atoms with E-state index in [-0.39, 0.29) is 0 Å². The lowest BCUT2D eigenvalue weighted by Gasteiger charge is -2.32. The van der Waals surface area contributed by atoms with Gasteiger partial charge in [0.15, 0.2) is 0 Å². The fourth-order valence-corrected chi connectivity index (χ4v) is 3.90. The zero-order valence-corrected chi connectivity index (χ0v) is 13.1.